The third-order valence-corrected chi connectivity index (χ3v) is 3.48. The molecular formula is C17H20FN. The van der Waals surface area contributed by atoms with E-state index < -0.39 is 5.67 Å². The van der Waals surface area contributed by atoms with Gasteiger partial charge in [0.15, 0.2) is 0 Å². The summed E-state index contributed by atoms with van der Waals surface area (Å²) >= 11 is 0. The molecule has 2 aromatic carbocycles. The zero-order valence-electron chi connectivity index (χ0n) is 11.3. The predicted octanol–water partition coefficient (Wildman–Crippen LogP) is 4.28. The summed E-state index contributed by atoms with van der Waals surface area (Å²) in [5.74, 6) is 0. The lowest BCUT2D eigenvalue weighted by Gasteiger charge is -2.23. The van der Waals surface area contributed by atoms with E-state index in [1.807, 2.05) is 61.5 Å². The first kappa shape index (κ1) is 13.8. The number of hydrogen-bond acceptors (Lipinski definition) is 1. The van der Waals surface area contributed by atoms with Crippen LogP contribution in [0.25, 0.3) is 11.1 Å². The monoisotopic (exact) mass is 257 g/mol. The molecule has 0 aliphatic heterocycles. The number of halogens is 1. The third-order valence-electron chi connectivity index (χ3n) is 3.48. The summed E-state index contributed by atoms with van der Waals surface area (Å²) in [5.41, 5.74) is 7.12. The minimum Gasteiger partial charge on any atom is -0.327 e. The molecule has 0 saturated heterocycles. The van der Waals surface area contributed by atoms with Gasteiger partial charge in [0.05, 0.1) is 0 Å². The molecule has 1 nitrogen and oxygen atoms in total. The summed E-state index contributed by atoms with van der Waals surface area (Å²) in [5, 5.41) is 0. The minimum atomic E-state index is -1.40. The normalized spacial score (nSPS) is 14.1. The maximum Gasteiger partial charge on any atom is 0.148 e. The van der Waals surface area contributed by atoms with Crippen molar-refractivity contribution in [3.05, 3.63) is 60.2 Å². The second-order valence-electron chi connectivity index (χ2n) is 4.86. The van der Waals surface area contributed by atoms with Gasteiger partial charge in [-0.1, -0.05) is 67.9 Å². The lowest BCUT2D eigenvalue weighted by molar-refractivity contribution is 0.159. The molecule has 0 saturated carbocycles. The van der Waals surface area contributed by atoms with Gasteiger partial charge in [-0.15, -0.1) is 0 Å². The fraction of sp³-hybridized carbons (Fsp3) is 0.294. The Morgan fingerprint density at radius 1 is 0.947 bits per heavy atom. The van der Waals surface area contributed by atoms with Crippen LogP contribution in [0.3, 0.4) is 0 Å². The largest absolute Gasteiger partial charge is 0.327 e. The van der Waals surface area contributed by atoms with Gasteiger partial charge in [0.25, 0.3) is 0 Å². The molecule has 100 valence electrons. The molecule has 0 aliphatic carbocycles. The van der Waals surface area contributed by atoms with Crippen LogP contribution in [0.5, 0.6) is 0 Å². The van der Waals surface area contributed by atoms with E-state index in [1.165, 1.54) is 0 Å². The molecule has 0 radical (unpaired) electrons. The van der Waals surface area contributed by atoms with E-state index in [-0.39, 0.29) is 6.54 Å². The van der Waals surface area contributed by atoms with Crippen LogP contribution in [-0.4, -0.2) is 6.54 Å². The van der Waals surface area contributed by atoms with Gasteiger partial charge < -0.3 is 5.73 Å². The van der Waals surface area contributed by atoms with Gasteiger partial charge in [-0.3, -0.25) is 0 Å². The molecule has 2 N–H and O–H groups in total. The molecule has 0 bridgehead atoms. The Balaban J connectivity index is 2.28. The number of benzene rings is 2. The number of alkyl halides is 1. The van der Waals surface area contributed by atoms with Crippen molar-refractivity contribution < 1.29 is 4.39 Å². The van der Waals surface area contributed by atoms with Gasteiger partial charge in [-0.2, -0.15) is 0 Å². The Kier molecular flexibility index (Phi) is 4.33. The quantitative estimate of drug-likeness (QED) is 0.850. The van der Waals surface area contributed by atoms with E-state index in [2.05, 4.69) is 0 Å². The van der Waals surface area contributed by atoms with Crippen LogP contribution in [0.1, 0.15) is 25.3 Å². The average Bonchev–Trinajstić information content (AvgIpc) is 2.48. The lowest BCUT2D eigenvalue weighted by atomic mass is 9.90. The topological polar surface area (TPSA) is 26.0 Å². The van der Waals surface area contributed by atoms with E-state index in [9.17, 15) is 4.39 Å². The Morgan fingerprint density at radius 3 is 2.05 bits per heavy atom. The summed E-state index contributed by atoms with van der Waals surface area (Å²) in [6, 6.07) is 17.7. The lowest BCUT2D eigenvalue weighted by Crippen LogP contribution is -2.30. The molecule has 0 amide bonds. The highest BCUT2D eigenvalue weighted by Crippen LogP contribution is 2.31. The SMILES string of the molecule is CCCC(F)(CN)c1ccc(-c2ccccc2)cc1. The van der Waals surface area contributed by atoms with E-state index in [0.717, 1.165) is 17.5 Å². The molecule has 2 heteroatoms. The summed E-state index contributed by atoms with van der Waals surface area (Å²) in [7, 11) is 0. The Labute approximate surface area is 114 Å². The van der Waals surface area contributed by atoms with Gasteiger partial charge in [0.1, 0.15) is 5.67 Å². The molecule has 0 spiro atoms. The van der Waals surface area contributed by atoms with Crippen LogP contribution in [0.2, 0.25) is 0 Å². The fourth-order valence-corrected chi connectivity index (χ4v) is 2.35. The fourth-order valence-electron chi connectivity index (χ4n) is 2.35. The molecule has 1 atom stereocenters. The van der Waals surface area contributed by atoms with E-state index in [0.29, 0.717) is 12.0 Å². The molecule has 0 heterocycles. The highest BCUT2D eigenvalue weighted by Gasteiger charge is 2.28. The van der Waals surface area contributed by atoms with Crippen LogP contribution in [0.15, 0.2) is 54.6 Å². The van der Waals surface area contributed by atoms with E-state index in [1.54, 1.807) is 0 Å². The van der Waals surface area contributed by atoms with Crippen LogP contribution < -0.4 is 5.73 Å². The maximum absolute atomic E-state index is 14.7. The number of hydrogen-bond donors (Lipinski definition) is 1. The molecule has 0 fully saturated rings. The van der Waals surface area contributed by atoms with Crippen molar-refractivity contribution >= 4 is 0 Å². The van der Waals surface area contributed by atoms with Crippen molar-refractivity contribution in [3.63, 3.8) is 0 Å². The van der Waals surface area contributed by atoms with Gasteiger partial charge in [0.2, 0.25) is 0 Å². The van der Waals surface area contributed by atoms with Crippen molar-refractivity contribution in [2.75, 3.05) is 6.54 Å². The van der Waals surface area contributed by atoms with Crippen molar-refractivity contribution in [1.29, 1.82) is 0 Å². The molecule has 0 aromatic heterocycles. The summed E-state index contributed by atoms with van der Waals surface area (Å²) < 4.78 is 14.7. The highest BCUT2D eigenvalue weighted by atomic mass is 19.1. The first-order valence-corrected chi connectivity index (χ1v) is 6.74. The highest BCUT2D eigenvalue weighted by molar-refractivity contribution is 5.63. The van der Waals surface area contributed by atoms with Gasteiger partial charge >= 0.3 is 0 Å². The minimum absolute atomic E-state index is 0.0333. The Hall–Kier alpha value is -1.67. The van der Waals surface area contributed by atoms with Gasteiger partial charge in [-0.25, -0.2) is 4.39 Å². The summed E-state index contributed by atoms with van der Waals surface area (Å²) in [6.45, 7) is 2.01. The molecule has 1 unspecified atom stereocenters. The van der Waals surface area contributed by atoms with Crippen molar-refractivity contribution in [1.82, 2.24) is 0 Å². The van der Waals surface area contributed by atoms with Crippen LogP contribution in [-0.2, 0) is 5.67 Å². The third kappa shape index (κ3) is 3.02. The summed E-state index contributed by atoms with van der Waals surface area (Å²) in [6.07, 6.45) is 1.25. The molecule has 19 heavy (non-hydrogen) atoms. The average molecular weight is 257 g/mol. The standard InChI is InChI=1S/C17H20FN/c1-2-12-17(18,13-19)16-10-8-15(9-11-16)14-6-4-3-5-7-14/h3-11H,2,12-13,19H2,1H3. The van der Waals surface area contributed by atoms with Crippen LogP contribution in [0.4, 0.5) is 4.39 Å². The van der Waals surface area contributed by atoms with Crippen molar-refractivity contribution in [2.24, 2.45) is 5.73 Å². The predicted molar refractivity (Wildman–Crippen MR) is 78.6 cm³/mol. The van der Waals surface area contributed by atoms with Crippen molar-refractivity contribution in [2.45, 2.75) is 25.4 Å². The maximum atomic E-state index is 14.7. The smallest absolute Gasteiger partial charge is 0.148 e. The van der Waals surface area contributed by atoms with Gasteiger partial charge in [0, 0.05) is 6.54 Å². The second-order valence-corrected chi connectivity index (χ2v) is 4.86. The first-order chi connectivity index (χ1) is 9.19. The Morgan fingerprint density at radius 2 is 1.53 bits per heavy atom. The second kappa shape index (κ2) is 5.98. The van der Waals surface area contributed by atoms with Gasteiger partial charge in [-0.05, 0) is 23.1 Å². The van der Waals surface area contributed by atoms with E-state index >= 15 is 0 Å². The molecule has 2 aromatic rings. The van der Waals surface area contributed by atoms with Crippen molar-refractivity contribution in [3.8, 4) is 11.1 Å². The molecule has 2 rings (SSSR count). The van der Waals surface area contributed by atoms with Crippen LogP contribution >= 0.6 is 0 Å². The van der Waals surface area contributed by atoms with Crippen LogP contribution in [0, 0.1) is 0 Å². The number of nitrogens with two attached hydrogens (primary N) is 1. The zero-order valence-corrected chi connectivity index (χ0v) is 11.3. The molecular weight excluding hydrogens is 237 g/mol. The summed E-state index contributed by atoms with van der Waals surface area (Å²) in [4.78, 5) is 0. The number of rotatable bonds is 5. The zero-order chi connectivity index (χ0) is 13.7. The molecule has 0 aliphatic rings. The Bertz CT molecular complexity index is 507. The van der Waals surface area contributed by atoms with E-state index in [4.69, 9.17) is 5.73 Å². The first-order valence-electron chi connectivity index (χ1n) is 6.74.